The summed E-state index contributed by atoms with van der Waals surface area (Å²) in [5.41, 5.74) is 0. The average Bonchev–Trinajstić information content (AvgIpc) is 1.84. The number of rotatable bonds is 0. The Hall–Kier alpha value is -1.06. The Balaban J connectivity index is 0. The molecule has 0 aliphatic rings. The van der Waals surface area contributed by atoms with Crippen molar-refractivity contribution in [1.82, 2.24) is 0 Å². The first-order chi connectivity index (χ1) is 3.72. The van der Waals surface area contributed by atoms with Crippen molar-refractivity contribution >= 4 is 11.9 Å². The molecule has 0 heterocycles. The van der Waals surface area contributed by atoms with Crippen molar-refractivity contribution in [1.29, 1.82) is 0 Å². The predicted molar refractivity (Wildman–Crippen MR) is 26.1 cm³/mol. The summed E-state index contributed by atoms with van der Waals surface area (Å²) in [7, 11) is 2.22. The van der Waals surface area contributed by atoms with E-state index in [0.717, 1.165) is 14.2 Å². The lowest BCUT2D eigenvalue weighted by atomic mass is 10.7. The molecule has 48 valence electrons. The standard InChI is InChI=1S/C4H6O4.H2/c1-7-3(5)4(6)8-2;/h1-2H3;1H. The molecule has 0 aromatic carbocycles. The molecule has 0 radical (unpaired) electrons. The fraction of sp³-hybridized carbons (Fsp3) is 0.500. The number of carbonyl (C=O) groups excluding carboxylic acids is 2. The van der Waals surface area contributed by atoms with Crippen LogP contribution in [0, 0.1) is 0 Å². The minimum absolute atomic E-state index is 0. The second-order valence-electron chi connectivity index (χ2n) is 0.983. The molecule has 0 bridgehead atoms. The zero-order valence-electron chi connectivity index (χ0n) is 4.63. The Kier molecular flexibility index (Phi) is 2.61. The van der Waals surface area contributed by atoms with Crippen molar-refractivity contribution in [2.75, 3.05) is 14.2 Å². The summed E-state index contributed by atoms with van der Waals surface area (Å²) < 4.78 is 7.98. The van der Waals surface area contributed by atoms with E-state index in [4.69, 9.17) is 0 Å². The van der Waals surface area contributed by atoms with E-state index in [1.54, 1.807) is 0 Å². The van der Waals surface area contributed by atoms with Crippen molar-refractivity contribution in [2.24, 2.45) is 0 Å². The predicted octanol–water partition coefficient (Wildman–Crippen LogP) is -0.422. The smallest absolute Gasteiger partial charge is 0.417 e. The van der Waals surface area contributed by atoms with Gasteiger partial charge in [0.15, 0.2) is 0 Å². The molecular weight excluding hydrogens is 112 g/mol. The highest BCUT2D eigenvalue weighted by Gasteiger charge is 2.11. The van der Waals surface area contributed by atoms with E-state index in [0.29, 0.717) is 0 Å². The van der Waals surface area contributed by atoms with Crippen LogP contribution in [0.2, 0.25) is 0 Å². The normalized spacial score (nSPS) is 7.75. The summed E-state index contributed by atoms with van der Waals surface area (Å²) in [5.74, 6) is -1.96. The van der Waals surface area contributed by atoms with E-state index in [9.17, 15) is 9.59 Å². The van der Waals surface area contributed by atoms with E-state index in [1.807, 2.05) is 0 Å². The first-order valence-electron chi connectivity index (χ1n) is 1.88. The molecule has 0 saturated heterocycles. The van der Waals surface area contributed by atoms with Gasteiger partial charge in [-0.1, -0.05) is 0 Å². The molecule has 0 aliphatic carbocycles. The molecule has 0 aromatic rings. The maximum atomic E-state index is 10.0. The van der Waals surface area contributed by atoms with Crippen LogP contribution in [-0.2, 0) is 19.1 Å². The summed E-state index contributed by atoms with van der Waals surface area (Å²) >= 11 is 0. The van der Waals surface area contributed by atoms with Crippen LogP contribution in [0.4, 0.5) is 0 Å². The number of esters is 2. The summed E-state index contributed by atoms with van der Waals surface area (Å²) in [6, 6.07) is 0. The summed E-state index contributed by atoms with van der Waals surface area (Å²) in [5, 5.41) is 0. The topological polar surface area (TPSA) is 52.6 Å². The Morgan fingerprint density at radius 2 is 1.38 bits per heavy atom. The molecule has 0 N–H and O–H groups in total. The van der Waals surface area contributed by atoms with Crippen LogP contribution >= 0.6 is 0 Å². The van der Waals surface area contributed by atoms with Crippen LogP contribution in [0.15, 0.2) is 0 Å². The highest BCUT2D eigenvalue weighted by Crippen LogP contribution is 1.75. The third-order valence-electron chi connectivity index (χ3n) is 0.537. The molecule has 4 heteroatoms. The van der Waals surface area contributed by atoms with Crippen LogP contribution < -0.4 is 0 Å². The van der Waals surface area contributed by atoms with Crippen LogP contribution in [0.1, 0.15) is 1.43 Å². The van der Waals surface area contributed by atoms with Gasteiger partial charge in [0.25, 0.3) is 0 Å². The van der Waals surface area contributed by atoms with E-state index in [1.165, 1.54) is 0 Å². The molecule has 8 heavy (non-hydrogen) atoms. The third-order valence-corrected chi connectivity index (χ3v) is 0.537. The van der Waals surface area contributed by atoms with Crippen molar-refractivity contribution in [3.8, 4) is 0 Å². The molecule has 0 fully saturated rings. The highest BCUT2D eigenvalue weighted by atomic mass is 16.6. The summed E-state index contributed by atoms with van der Waals surface area (Å²) in [6.07, 6.45) is 0. The fourth-order valence-corrected chi connectivity index (χ4v) is 0.167. The molecule has 4 nitrogen and oxygen atoms in total. The Labute approximate surface area is 47.9 Å². The lowest BCUT2D eigenvalue weighted by molar-refractivity contribution is -0.164. The maximum absolute atomic E-state index is 10.0. The number of ether oxygens (including phenoxy) is 2. The van der Waals surface area contributed by atoms with Gasteiger partial charge in [0.1, 0.15) is 0 Å². The van der Waals surface area contributed by atoms with Crippen molar-refractivity contribution in [3.05, 3.63) is 0 Å². The Bertz CT molecular complexity index is 97.1. The van der Waals surface area contributed by atoms with E-state index in [2.05, 4.69) is 9.47 Å². The first kappa shape index (κ1) is 6.94. The van der Waals surface area contributed by atoms with Crippen molar-refractivity contribution in [2.45, 2.75) is 0 Å². The maximum Gasteiger partial charge on any atom is 0.417 e. The number of hydrogen-bond acceptors (Lipinski definition) is 4. The van der Waals surface area contributed by atoms with Gasteiger partial charge in [-0.3, -0.25) is 0 Å². The largest absolute Gasteiger partial charge is 0.461 e. The fourth-order valence-electron chi connectivity index (χ4n) is 0.167. The van der Waals surface area contributed by atoms with Crippen molar-refractivity contribution in [3.63, 3.8) is 0 Å². The average molecular weight is 120 g/mol. The van der Waals surface area contributed by atoms with Crippen LogP contribution in [-0.4, -0.2) is 26.2 Å². The number of carbonyl (C=O) groups is 2. The second-order valence-corrected chi connectivity index (χ2v) is 0.983. The molecule has 0 spiro atoms. The van der Waals surface area contributed by atoms with Gasteiger partial charge in [-0.05, 0) is 0 Å². The van der Waals surface area contributed by atoms with Crippen LogP contribution in [0.5, 0.6) is 0 Å². The zero-order valence-corrected chi connectivity index (χ0v) is 4.63. The molecule has 0 aliphatic heterocycles. The minimum atomic E-state index is -0.979. The summed E-state index contributed by atoms with van der Waals surface area (Å²) in [6.45, 7) is 0. The molecule has 0 amide bonds. The molecule has 0 aromatic heterocycles. The molecular formula is C4H8O4. The van der Waals surface area contributed by atoms with E-state index in [-0.39, 0.29) is 1.43 Å². The molecule has 0 rings (SSSR count). The summed E-state index contributed by atoms with van der Waals surface area (Å²) in [4.78, 5) is 20.1. The van der Waals surface area contributed by atoms with Crippen molar-refractivity contribution < 1.29 is 20.5 Å². The van der Waals surface area contributed by atoms with Gasteiger partial charge in [0.05, 0.1) is 14.2 Å². The molecule has 0 atom stereocenters. The van der Waals surface area contributed by atoms with Gasteiger partial charge in [-0.15, -0.1) is 0 Å². The SMILES string of the molecule is COC(=O)C(=O)OC.[HH]. The zero-order chi connectivity index (χ0) is 6.57. The second kappa shape index (κ2) is 3.01. The minimum Gasteiger partial charge on any atom is -0.461 e. The number of hydrogen-bond donors (Lipinski definition) is 0. The monoisotopic (exact) mass is 120 g/mol. The molecule has 0 unspecified atom stereocenters. The van der Waals surface area contributed by atoms with Gasteiger partial charge >= 0.3 is 11.9 Å². The first-order valence-corrected chi connectivity index (χ1v) is 1.88. The third kappa shape index (κ3) is 1.59. The van der Waals surface area contributed by atoms with E-state index >= 15 is 0 Å². The van der Waals surface area contributed by atoms with Gasteiger partial charge in [-0.2, -0.15) is 0 Å². The quantitative estimate of drug-likeness (QED) is 0.322. The van der Waals surface area contributed by atoms with Gasteiger partial charge in [0.2, 0.25) is 0 Å². The highest BCUT2D eigenvalue weighted by molar-refractivity contribution is 6.29. The van der Waals surface area contributed by atoms with Gasteiger partial charge in [0, 0.05) is 1.43 Å². The lowest BCUT2D eigenvalue weighted by Gasteiger charge is -1.92. The Morgan fingerprint density at radius 3 is 1.50 bits per heavy atom. The van der Waals surface area contributed by atoms with Crippen LogP contribution in [0.25, 0.3) is 0 Å². The van der Waals surface area contributed by atoms with Gasteiger partial charge < -0.3 is 9.47 Å². The van der Waals surface area contributed by atoms with Gasteiger partial charge in [-0.25, -0.2) is 9.59 Å². The number of methoxy groups -OCH3 is 2. The lowest BCUT2D eigenvalue weighted by Crippen LogP contribution is -2.16. The Morgan fingerprint density at radius 1 is 1.12 bits per heavy atom. The van der Waals surface area contributed by atoms with E-state index < -0.39 is 11.9 Å². The molecule has 0 saturated carbocycles. The van der Waals surface area contributed by atoms with Crippen LogP contribution in [0.3, 0.4) is 0 Å².